The second kappa shape index (κ2) is 8.75. The van der Waals surface area contributed by atoms with Crippen molar-refractivity contribution in [3.63, 3.8) is 0 Å². The molecule has 0 aliphatic heterocycles. The number of hydrogen-bond donors (Lipinski definition) is 2. The molecule has 2 aromatic carbocycles. The van der Waals surface area contributed by atoms with Crippen LogP contribution >= 0.6 is 0 Å². The van der Waals surface area contributed by atoms with Crippen molar-refractivity contribution in [1.29, 1.82) is 0 Å². The number of carbonyl (C=O) groups excluding carboxylic acids is 1. The van der Waals surface area contributed by atoms with Crippen molar-refractivity contribution in [2.75, 3.05) is 11.9 Å². The number of aromatic amines is 1. The summed E-state index contributed by atoms with van der Waals surface area (Å²) in [6.07, 6.45) is 1.19. The van der Waals surface area contributed by atoms with Gasteiger partial charge in [0.25, 0.3) is 5.56 Å². The average Bonchev–Trinajstić information content (AvgIpc) is 2.69. The molecule has 27 heavy (non-hydrogen) atoms. The van der Waals surface area contributed by atoms with Crippen molar-refractivity contribution in [2.24, 2.45) is 0 Å². The standard InChI is InChI=1S/C20H20N4O3/c1-2-12-27-19(26)15-8-10-16(11-9-15)21-20-22-18(25)17(23-24-20)13-14-6-4-3-5-7-14/h3-11H,2,12-13H2,1H3,(H2,21,22,24,25). The molecule has 1 heterocycles. The number of rotatable bonds is 7. The summed E-state index contributed by atoms with van der Waals surface area (Å²) in [6.45, 7) is 2.33. The molecule has 0 spiro atoms. The van der Waals surface area contributed by atoms with Crippen molar-refractivity contribution in [3.05, 3.63) is 81.8 Å². The molecule has 2 N–H and O–H groups in total. The minimum atomic E-state index is -0.359. The highest BCUT2D eigenvalue weighted by molar-refractivity contribution is 5.89. The smallest absolute Gasteiger partial charge is 0.338 e. The zero-order valence-corrected chi connectivity index (χ0v) is 14.9. The summed E-state index contributed by atoms with van der Waals surface area (Å²) in [5, 5.41) is 11.0. The number of hydrogen-bond acceptors (Lipinski definition) is 6. The Labute approximate surface area is 156 Å². The number of benzene rings is 2. The maximum atomic E-state index is 12.2. The lowest BCUT2D eigenvalue weighted by atomic mass is 10.1. The first kappa shape index (κ1) is 18.3. The Morgan fingerprint density at radius 3 is 2.48 bits per heavy atom. The van der Waals surface area contributed by atoms with E-state index in [1.54, 1.807) is 24.3 Å². The highest BCUT2D eigenvalue weighted by Crippen LogP contribution is 2.14. The highest BCUT2D eigenvalue weighted by atomic mass is 16.5. The van der Waals surface area contributed by atoms with Crippen molar-refractivity contribution in [3.8, 4) is 0 Å². The Morgan fingerprint density at radius 1 is 1.07 bits per heavy atom. The summed E-state index contributed by atoms with van der Waals surface area (Å²) >= 11 is 0. The Morgan fingerprint density at radius 2 is 1.81 bits per heavy atom. The van der Waals surface area contributed by atoms with Gasteiger partial charge in [-0.15, -0.1) is 10.2 Å². The lowest BCUT2D eigenvalue weighted by Crippen LogP contribution is -2.18. The van der Waals surface area contributed by atoms with Crippen molar-refractivity contribution < 1.29 is 9.53 Å². The van der Waals surface area contributed by atoms with Gasteiger partial charge in [-0.3, -0.25) is 9.78 Å². The summed E-state index contributed by atoms with van der Waals surface area (Å²) < 4.78 is 5.08. The van der Waals surface area contributed by atoms with E-state index >= 15 is 0 Å². The second-order valence-corrected chi connectivity index (χ2v) is 5.95. The predicted molar refractivity (Wildman–Crippen MR) is 102 cm³/mol. The SMILES string of the molecule is CCCOC(=O)c1ccc(Nc2nnc(Cc3ccccc3)c(=O)[nH]2)cc1. The molecule has 0 fully saturated rings. The first-order valence-electron chi connectivity index (χ1n) is 8.69. The third kappa shape index (κ3) is 5.01. The number of nitrogens with zero attached hydrogens (tertiary/aromatic N) is 2. The van der Waals surface area contributed by atoms with Crippen LogP contribution in [0.5, 0.6) is 0 Å². The molecule has 0 saturated heterocycles. The van der Waals surface area contributed by atoms with Crippen LogP contribution in [0.15, 0.2) is 59.4 Å². The fourth-order valence-electron chi connectivity index (χ4n) is 2.43. The summed E-state index contributed by atoms with van der Waals surface area (Å²) in [7, 11) is 0. The van der Waals surface area contributed by atoms with Crippen molar-refractivity contribution in [1.82, 2.24) is 15.2 Å². The molecule has 0 bridgehead atoms. The van der Waals surface area contributed by atoms with Gasteiger partial charge in [0.05, 0.1) is 12.2 Å². The molecule has 0 unspecified atom stereocenters. The lowest BCUT2D eigenvalue weighted by molar-refractivity contribution is 0.0505. The normalized spacial score (nSPS) is 10.4. The van der Waals surface area contributed by atoms with Crippen molar-refractivity contribution >= 4 is 17.6 Å². The maximum Gasteiger partial charge on any atom is 0.338 e. The Kier molecular flexibility index (Phi) is 5.94. The van der Waals surface area contributed by atoms with Crippen LogP contribution in [0.4, 0.5) is 11.6 Å². The van der Waals surface area contributed by atoms with Crippen LogP contribution in [0, 0.1) is 0 Å². The third-order valence-electron chi connectivity index (χ3n) is 3.80. The Balaban J connectivity index is 1.66. The number of H-pyrrole nitrogens is 1. The number of aromatic nitrogens is 3. The van der Waals surface area contributed by atoms with Gasteiger partial charge in [-0.2, -0.15) is 0 Å². The molecule has 1 aromatic heterocycles. The van der Waals surface area contributed by atoms with Gasteiger partial charge in [0.2, 0.25) is 5.95 Å². The monoisotopic (exact) mass is 364 g/mol. The van der Waals surface area contributed by atoms with E-state index in [0.29, 0.717) is 30.0 Å². The first-order valence-corrected chi connectivity index (χ1v) is 8.69. The van der Waals surface area contributed by atoms with Crippen molar-refractivity contribution in [2.45, 2.75) is 19.8 Å². The van der Waals surface area contributed by atoms with Gasteiger partial charge in [-0.1, -0.05) is 37.3 Å². The minimum Gasteiger partial charge on any atom is -0.462 e. The van der Waals surface area contributed by atoms with E-state index in [1.807, 2.05) is 37.3 Å². The highest BCUT2D eigenvalue weighted by Gasteiger charge is 2.08. The van der Waals surface area contributed by atoms with E-state index in [4.69, 9.17) is 4.74 Å². The molecule has 0 aliphatic carbocycles. The van der Waals surface area contributed by atoms with Gasteiger partial charge in [0.15, 0.2) is 0 Å². The summed E-state index contributed by atoms with van der Waals surface area (Å²) in [5.41, 5.74) is 2.18. The van der Waals surface area contributed by atoms with Crippen LogP contribution in [0.25, 0.3) is 0 Å². The summed E-state index contributed by atoms with van der Waals surface area (Å²) in [5.74, 6) is -0.125. The molecule has 0 saturated carbocycles. The van der Waals surface area contributed by atoms with E-state index in [-0.39, 0.29) is 17.5 Å². The van der Waals surface area contributed by atoms with Crippen LogP contribution in [0.2, 0.25) is 0 Å². The molecule has 7 heteroatoms. The molecule has 0 atom stereocenters. The van der Waals surface area contributed by atoms with Crippen LogP contribution < -0.4 is 10.9 Å². The molecule has 0 aliphatic rings. The van der Waals surface area contributed by atoms with Gasteiger partial charge in [-0.05, 0) is 36.2 Å². The van der Waals surface area contributed by atoms with Gasteiger partial charge in [-0.25, -0.2) is 4.79 Å². The fraction of sp³-hybridized carbons (Fsp3) is 0.200. The van der Waals surface area contributed by atoms with E-state index in [2.05, 4.69) is 20.5 Å². The molecule has 3 aromatic rings. The second-order valence-electron chi connectivity index (χ2n) is 5.95. The van der Waals surface area contributed by atoms with E-state index < -0.39 is 0 Å². The van der Waals surface area contributed by atoms with E-state index in [0.717, 1.165) is 12.0 Å². The third-order valence-corrected chi connectivity index (χ3v) is 3.80. The minimum absolute atomic E-state index is 0.234. The quantitative estimate of drug-likeness (QED) is 0.626. The zero-order chi connectivity index (χ0) is 19.1. The van der Waals surface area contributed by atoms with Crippen LogP contribution in [0.1, 0.15) is 35.0 Å². The van der Waals surface area contributed by atoms with Gasteiger partial charge >= 0.3 is 5.97 Å². The summed E-state index contributed by atoms with van der Waals surface area (Å²) in [6, 6.07) is 16.3. The molecule has 0 amide bonds. The molecule has 0 radical (unpaired) electrons. The molecule has 3 rings (SSSR count). The lowest BCUT2D eigenvalue weighted by Gasteiger charge is -2.07. The molecule has 138 valence electrons. The Bertz CT molecular complexity index is 953. The van der Waals surface area contributed by atoms with Crippen LogP contribution in [-0.2, 0) is 11.2 Å². The number of anilines is 2. The molecular formula is C20H20N4O3. The number of esters is 1. The predicted octanol–water partition coefficient (Wildman–Crippen LogP) is 3.07. The van der Waals surface area contributed by atoms with E-state index in [1.165, 1.54) is 0 Å². The van der Waals surface area contributed by atoms with Crippen LogP contribution in [-0.4, -0.2) is 27.8 Å². The van der Waals surface area contributed by atoms with Gasteiger partial charge < -0.3 is 10.1 Å². The number of ether oxygens (including phenoxy) is 1. The largest absolute Gasteiger partial charge is 0.462 e. The zero-order valence-electron chi connectivity index (χ0n) is 14.9. The number of nitrogens with one attached hydrogen (secondary N) is 2. The summed E-state index contributed by atoms with van der Waals surface area (Å²) in [4.78, 5) is 26.7. The molecule has 7 nitrogen and oxygen atoms in total. The first-order chi connectivity index (χ1) is 13.2. The molecular weight excluding hydrogens is 344 g/mol. The van der Waals surface area contributed by atoms with E-state index in [9.17, 15) is 9.59 Å². The topological polar surface area (TPSA) is 97.0 Å². The van der Waals surface area contributed by atoms with Crippen LogP contribution in [0.3, 0.4) is 0 Å². The number of carbonyl (C=O) groups is 1. The fourth-order valence-corrected chi connectivity index (χ4v) is 2.43. The Hall–Kier alpha value is -3.48. The van der Waals surface area contributed by atoms with Gasteiger partial charge in [0, 0.05) is 12.1 Å². The average molecular weight is 364 g/mol. The maximum absolute atomic E-state index is 12.2. The van der Waals surface area contributed by atoms with Gasteiger partial charge in [0.1, 0.15) is 5.69 Å².